The first-order chi connectivity index (χ1) is 9.94. The molecular formula is C16H22BrNO3. The van der Waals surface area contributed by atoms with E-state index in [0.29, 0.717) is 17.2 Å². The van der Waals surface area contributed by atoms with Crippen molar-refractivity contribution >= 4 is 21.9 Å². The number of benzene rings is 1. The van der Waals surface area contributed by atoms with E-state index in [1.54, 1.807) is 25.3 Å². The van der Waals surface area contributed by atoms with Crippen LogP contribution in [-0.2, 0) is 4.74 Å². The molecule has 0 aromatic heterocycles. The van der Waals surface area contributed by atoms with Crippen molar-refractivity contribution in [3.05, 3.63) is 28.2 Å². The van der Waals surface area contributed by atoms with E-state index in [1.807, 2.05) is 13.8 Å². The van der Waals surface area contributed by atoms with Gasteiger partial charge in [-0.1, -0.05) is 0 Å². The van der Waals surface area contributed by atoms with Crippen LogP contribution in [0.25, 0.3) is 0 Å². The number of carbonyl (C=O) groups is 1. The molecule has 4 nitrogen and oxygen atoms in total. The molecule has 1 heterocycles. The van der Waals surface area contributed by atoms with E-state index in [2.05, 4.69) is 21.2 Å². The van der Waals surface area contributed by atoms with Gasteiger partial charge in [0.2, 0.25) is 0 Å². The summed E-state index contributed by atoms with van der Waals surface area (Å²) in [5.74, 6) is 0.801. The summed E-state index contributed by atoms with van der Waals surface area (Å²) in [6, 6.07) is 5.22. The van der Waals surface area contributed by atoms with Crippen molar-refractivity contribution in [2.45, 2.75) is 32.3 Å². The molecule has 1 N–H and O–H groups in total. The predicted molar refractivity (Wildman–Crippen MR) is 85.8 cm³/mol. The van der Waals surface area contributed by atoms with Crippen LogP contribution < -0.4 is 10.1 Å². The van der Waals surface area contributed by atoms with E-state index >= 15 is 0 Å². The van der Waals surface area contributed by atoms with Crippen molar-refractivity contribution in [1.29, 1.82) is 0 Å². The van der Waals surface area contributed by atoms with E-state index in [0.717, 1.165) is 30.4 Å². The number of piperidine rings is 1. The van der Waals surface area contributed by atoms with Gasteiger partial charge >= 0.3 is 5.97 Å². The number of rotatable bonds is 4. The standard InChI is InChI=1S/C16H22BrNO3/c1-16(2,12-6-8-18-9-7-12)21-15(19)11-4-5-14(20-3)13(17)10-11/h4-5,10,12,18H,6-9H2,1-3H3. The summed E-state index contributed by atoms with van der Waals surface area (Å²) < 4.78 is 11.7. The largest absolute Gasteiger partial charge is 0.496 e. The average Bonchev–Trinajstić information content (AvgIpc) is 2.47. The van der Waals surface area contributed by atoms with Gasteiger partial charge in [-0.25, -0.2) is 4.79 Å². The maximum absolute atomic E-state index is 12.4. The average molecular weight is 356 g/mol. The van der Waals surface area contributed by atoms with Gasteiger partial charge in [0.15, 0.2) is 0 Å². The third-order valence-electron chi connectivity index (χ3n) is 4.07. The Morgan fingerprint density at radius 1 is 1.33 bits per heavy atom. The Bertz CT molecular complexity index is 510. The highest BCUT2D eigenvalue weighted by Crippen LogP contribution is 2.31. The summed E-state index contributed by atoms with van der Waals surface area (Å²) in [5, 5.41) is 3.33. The maximum atomic E-state index is 12.4. The summed E-state index contributed by atoms with van der Waals surface area (Å²) in [5.41, 5.74) is 0.0793. The van der Waals surface area contributed by atoms with E-state index in [-0.39, 0.29) is 5.97 Å². The lowest BCUT2D eigenvalue weighted by atomic mass is 9.83. The van der Waals surface area contributed by atoms with Gasteiger partial charge in [0.1, 0.15) is 11.4 Å². The van der Waals surface area contributed by atoms with E-state index in [4.69, 9.17) is 9.47 Å². The van der Waals surface area contributed by atoms with Crippen LogP contribution in [0.1, 0.15) is 37.0 Å². The molecule has 0 saturated carbocycles. The molecule has 1 fully saturated rings. The number of methoxy groups -OCH3 is 1. The smallest absolute Gasteiger partial charge is 0.338 e. The molecular weight excluding hydrogens is 334 g/mol. The number of hydrogen-bond donors (Lipinski definition) is 1. The minimum atomic E-state index is -0.453. The molecule has 21 heavy (non-hydrogen) atoms. The molecule has 116 valence electrons. The molecule has 0 aliphatic carbocycles. The van der Waals surface area contributed by atoms with Crippen molar-refractivity contribution in [2.24, 2.45) is 5.92 Å². The molecule has 1 aliphatic heterocycles. The summed E-state index contributed by atoms with van der Waals surface area (Å²) in [4.78, 5) is 12.4. The molecule has 0 radical (unpaired) electrons. The predicted octanol–water partition coefficient (Wildman–Crippen LogP) is 3.39. The molecule has 0 amide bonds. The Balaban J connectivity index is 2.07. The number of hydrogen-bond acceptors (Lipinski definition) is 4. The number of carbonyl (C=O) groups excluding carboxylic acids is 1. The Morgan fingerprint density at radius 3 is 2.57 bits per heavy atom. The zero-order chi connectivity index (χ0) is 15.5. The summed E-state index contributed by atoms with van der Waals surface area (Å²) >= 11 is 3.39. The number of esters is 1. The number of halogens is 1. The summed E-state index contributed by atoms with van der Waals surface area (Å²) in [6.45, 7) is 5.97. The second-order valence-corrected chi connectivity index (χ2v) is 6.72. The van der Waals surface area contributed by atoms with Crippen molar-refractivity contribution in [3.63, 3.8) is 0 Å². The minimum absolute atomic E-state index is 0.290. The SMILES string of the molecule is COc1ccc(C(=O)OC(C)(C)C2CCNCC2)cc1Br. The van der Waals surface area contributed by atoms with Crippen molar-refractivity contribution in [3.8, 4) is 5.75 Å². The first-order valence-electron chi connectivity index (χ1n) is 7.21. The van der Waals surface area contributed by atoms with Crippen molar-refractivity contribution in [2.75, 3.05) is 20.2 Å². The van der Waals surface area contributed by atoms with Crippen LogP contribution >= 0.6 is 15.9 Å². The van der Waals surface area contributed by atoms with Crippen LogP contribution in [0.4, 0.5) is 0 Å². The number of ether oxygens (including phenoxy) is 2. The van der Waals surface area contributed by atoms with Gasteiger partial charge in [-0.15, -0.1) is 0 Å². The number of nitrogens with one attached hydrogen (secondary N) is 1. The van der Waals surface area contributed by atoms with Gasteiger partial charge in [0.25, 0.3) is 0 Å². The van der Waals surface area contributed by atoms with Crippen LogP contribution in [0.3, 0.4) is 0 Å². The molecule has 0 bridgehead atoms. The van der Waals surface area contributed by atoms with Gasteiger partial charge < -0.3 is 14.8 Å². The quantitative estimate of drug-likeness (QED) is 0.841. The third kappa shape index (κ3) is 3.98. The molecule has 0 atom stereocenters. The Labute approximate surface area is 134 Å². The van der Waals surface area contributed by atoms with Gasteiger partial charge in [0, 0.05) is 5.92 Å². The Kier molecular flexibility index (Phi) is 5.27. The van der Waals surface area contributed by atoms with Gasteiger partial charge in [-0.3, -0.25) is 0 Å². The van der Waals surface area contributed by atoms with Crippen LogP contribution in [-0.4, -0.2) is 31.8 Å². The summed E-state index contributed by atoms with van der Waals surface area (Å²) in [6.07, 6.45) is 2.07. The molecule has 1 aromatic rings. The van der Waals surface area contributed by atoms with Crippen LogP contribution in [0.5, 0.6) is 5.75 Å². The van der Waals surface area contributed by atoms with Crippen LogP contribution in [0, 0.1) is 5.92 Å². The lowest BCUT2D eigenvalue weighted by Gasteiger charge is -2.36. The molecule has 1 aromatic carbocycles. The second kappa shape index (κ2) is 6.79. The third-order valence-corrected chi connectivity index (χ3v) is 4.69. The minimum Gasteiger partial charge on any atom is -0.496 e. The molecule has 1 saturated heterocycles. The molecule has 1 aliphatic rings. The zero-order valence-electron chi connectivity index (χ0n) is 12.7. The van der Waals surface area contributed by atoms with Gasteiger partial charge in [-0.05, 0) is 73.9 Å². The fourth-order valence-corrected chi connectivity index (χ4v) is 3.23. The molecule has 0 unspecified atom stereocenters. The van der Waals surface area contributed by atoms with Crippen LogP contribution in [0.2, 0.25) is 0 Å². The first kappa shape index (κ1) is 16.3. The van der Waals surface area contributed by atoms with E-state index in [1.165, 1.54) is 0 Å². The van der Waals surface area contributed by atoms with Crippen molar-refractivity contribution in [1.82, 2.24) is 5.32 Å². The zero-order valence-corrected chi connectivity index (χ0v) is 14.3. The lowest BCUT2D eigenvalue weighted by Crippen LogP contribution is -2.42. The molecule has 0 spiro atoms. The van der Waals surface area contributed by atoms with Crippen LogP contribution in [0.15, 0.2) is 22.7 Å². The Morgan fingerprint density at radius 2 is 2.00 bits per heavy atom. The topological polar surface area (TPSA) is 47.6 Å². The lowest BCUT2D eigenvalue weighted by molar-refractivity contribution is -0.0368. The monoisotopic (exact) mass is 355 g/mol. The normalized spacial score (nSPS) is 16.6. The fraction of sp³-hybridized carbons (Fsp3) is 0.562. The van der Waals surface area contributed by atoms with E-state index in [9.17, 15) is 4.79 Å². The molecule has 5 heteroatoms. The fourth-order valence-electron chi connectivity index (χ4n) is 2.69. The first-order valence-corrected chi connectivity index (χ1v) is 8.01. The molecule has 2 rings (SSSR count). The van der Waals surface area contributed by atoms with Crippen molar-refractivity contribution < 1.29 is 14.3 Å². The highest BCUT2D eigenvalue weighted by Gasteiger charge is 2.34. The Hall–Kier alpha value is -1.07. The maximum Gasteiger partial charge on any atom is 0.338 e. The van der Waals surface area contributed by atoms with Gasteiger partial charge in [0.05, 0.1) is 17.1 Å². The highest BCUT2D eigenvalue weighted by atomic mass is 79.9. The summed E-state index contributed by atoms with van der Waals surface area (Å²) in [7, 11) is 1.60. The second-order valence-electron chi connectivity index (χ2n) is 5.87. The highest BCUT2D eigenvalue weighted by molar-refractivity contribution is 9.10. The van der Waals surface area contributed by atoms with Gasteiger partial charge in [-0.2, -0.15) is 0 Å². The van der Waals surface area contributed by atoms with E-state index < -0.39 is 5.60 Å².